The van der Waals surface area contributed by atoms with Crippen molar-refractivity contribution in [3.05, 3.63) is 53.6 Å². The number of fused-ring (bicyclic) bond motifs is 1. The fourth-order valence-corrected chi connectivity index (χ4v) is 2.66. The maximum atomic E-state index is 12.1. The van der Waals surface area contributed by atoms with Crippen molar-refractivity contribution < 1.29 is 19.1 Å². The highest BCUT2D eigenvalue weighted by atomic mass is 16.5. The molecule has 6 nitrogen and oxygen atoms in total. The van der Waals surface area contributed by atoms with Gasteiger partial charge >= 0.3 is 0 Å². The average molecular weight is 340 g/mol. The van der Waals surface area contributed by atoms with Gasteiger partial charge in [0.25, 0.3) is 5.91 Å². The Morgan fingerprint density at radius 1 is 1.24 bits per heavy atom. The van der Waals surface area contributed by atoms with E-state index < -0.39 is 0 Å². The van der Waals surface area contributed by atoms with Crippen LogP contribution in [0.1, 0.15) is 11.1 Å². The van der Waals surface area contributed by atoms with Gasteiger partial charge in [0.15, 0.2) is 6.61 Å². The molecule has 0 aliphatic carbocycles. The van der Waals surface area contributed by atoms with Crippen molar-refractivity contribution in [3.8, 4) is 11.5 Å². The standard InChI is InChI=1S/C19H20N2O4/c1-24-15-4-2-3-13(9-15)7-8-20-18(22)11-14-5-6-17-16(10-14)21-19(23)12-25-17/h2-6,9-10H,7-8,11-12H2,1H3,(H,20,22)(H,21,23). The number of ether oxygens (including phenoxy) is 2. The fourth-order valence-electron chi connectivity index (χ4n) is 2.66. The fraction of sp³-hybridized carbons (Fsp3) is 0.263. The lowest BCUT2D eigenvalue weighted by molar-refractivity contribution is -0.120. The summed E-state index contributed by atoms with van der Waals surface area (Å²) < 4.78 is 10.5. The lowest BCUT2D eigenvalue weighted by Gasteiger charge is -2.18. The van der Waals surface area contributed by atoms with Crippen molar-refractivity contribution in [3.63, 3.8) is 0 Å². The van der Waals surface area contributed by atoms with Crippen LogP contribution in [0.3, 0.4) is 0 Å². The molecule has 6 heteroatoms. The highest BCUT2D eigenvalue weighted by Crippen LogP contribution is 2.28. The molecule has 0 spiro atoms. The number of methoxy groups -OCH3 is 1. The molecule has 2 N–H and O–H groups in total. The molecule has 0 unspecified atom stereocenters. The van der Waals surface area contributed by atoms with Crippen molar-refractivity contribution in [1.29, 1.82) is 0 Å². The van der Waals surface area contributed by atoms with E-state index in [0.717, 1.165) is 23.3 Å². The smallest absolute Gasteiger partial charge is 0.262 e. The Bertz CT molecular complexity index is 789. The second-order valence-corrected chi connectivity index (χ2v) is 5.80. The van der Waals surface area contributed by atoms with Gasteiger partial charge in [-0.2, -0.15) is 0 Å². The minimum absolute atomic E-state index is 0.0249. The normalized spacial score (nSPS) is 12.6. The predicted octanol–water partition coefficient (Wildman–Crippen LogP) is 1.93. The van der Waals surface area contributed by atoms with E-state index in [-0.39, 0.29) is 24.8 Å². The summed E-state index contributed by atoms with van der Waals surface area (Å²) in [5, 5.41) is 5.65. The van der Waals surface area contributed by atoms with Gasteiger partial charge in [-0.25, -0.2) is 0 Å². The van der Waals surface area contributed by atoms with Gasteiger partial charge in [0.2, 0.25) is 5.91 Å². The maximum absolute atomic E-state index is 12.1. The van der Waals surface area contributed by atoms with Gasteiger partial charge < -0.3 is 20.1 Å². The molecule has 1 aliphatic rings. The SMILES string of the molecule is COc1cccc(CCNC(=O)Cc2ccc3c(c2)NC(=O)CO3)c1. The van der Waals surface area contributed by atoms with Gasteiger partial charge in [0.1, 0.15) is 11.5 Å². The van der Waals surface area contributed by atoms with E-state index in [1.807, 2.05) is 30.3 Å². The van der Waals surface area contributed by atoms with E-state index in [0.29, 0.717) is 18.0 Å². The van der Waals surface area contributed by atoms with E-state index in [1.54, 1.807) is 19.2 Å². The molecule has 0 fully saturated rings. The van der Waals surface area contributed by atoms with Crippen LogP contribution in [-0.2, 0) is 22.4 Å². The van der Waals surface area contributed by atoms with Gasteiger partial charge in [-0.05, 0) is 41.8 Å². The Hall–Kier alpha value is -3.02. The van der Waals surface area contributed by atoms with Crippen LogP contribution < -0.4 is 20.1 Å². The summed E-state index contributed by atoms with van der Waals surface area (Å²) in [6.45, 7) is 0.577. The van der Waals surface area contributed by atoms with E-state index in [2.05, 4.69) is 10.6 Å². The highest BCUT2D eigenvalue weighted by Gasteiger charge is 2.16. The summed E-state index contributed by atoms with van der Waals surface area (Å²) in [4.78, 5) is 23.5. The Morgan fingerprint density at radius 3 is 2.96 bits per heavy atom. The van der Waals surface area contributed by atoms with E-state index in [9.17, 15) is 9.59 Å². The first-order valence-electron chi connectivity index (χ1n) is 8.09. The molecule has 0 saturated heterocycles. The molecule has 2 aromatic rings. The molecule has 1 heterocycles. The Kier molecular flexibility index (Phi) is 5.18. The van der Waals surface area contributed by atoms with Gasteiger partial charge in [0, 0.05) is 6.54 Å². The summed E-state index contributed by atoms with van der Waals surface area (Å²) in [6, 6.07) is 13.2. The molecule has 0 bridgehead atoms. The van der Waals surface area contributed by atoms with E-state index in [4.69, 9.17) is 9.47 Å². The summed E-state index contributed by atoms with van der Waals surface area (Å²) in [6.07, 6.45) is 0.984. The third-order valence-corrected chi connectivity index (χ3v) is 3.91. The molecule has 2 amide bonds. The van der Waals surface area contributed by atoms with Gasteiger partial charge in [-0.15, -0.1) is 0 Å². The number of carbonyl (C=O) groups is 2. The Labute approximate surface area is 146 Å². The molecule has 0 saturated carbocycles. The first kappa shape index (κ1) is 16.8. The minimum Gasteiger partial charge on any atom is -0.497 e. The number of nitrogens with one attached hydrogen (secondary N) is 2. The van der Waals surface area contributed by atoms with E-state index >= 15 is 0 Å². The molecule has 2 aromatic carbocycles. The largest absolute Gasteiger partial charge is 0.497 e. The molecule has 1 aliphatic heterocycles. The van der Waals surface area contributed by atoms with Crippen LogP contribution in [0.5, 0.6) is 11.5 Å². The van der Waals surface area contributed by atoms with Crippen LogP contribution >= 0.6 is 0 Å². The number of hydrogen-bond acceptors (Lipinski definition) is 4. The minimum atomic E-state index is -0.188. The maximum Gasteiger partial charge on any atom is 0.262 e. The average Bonchev–Trinajstić information content (AvgIpc) is 2.61. The molecule has 25 heavy (non-hydrogen) atoms. The number of amides is 2. The van der Waals surface area contributed by atoms with Crippen molar-refractivity contribution in [1.82, 2.24) is 5.32 Å². The van der Waals surface area contributed by atoms with Crippen LogP contribution in [0.4, 0.5) is 5.69 Å². The first-order valence-corrected chi connectivity index (χ1v) is 8.09. The van der Waals surface area contributed by atoms with Crippen LogP contribution in [0.25, 0.3) is 0 Å². The summed E-state index contributed by atoms with van der Waals surface area (Å²) in [5.74, 6) is 1.18. The molecular formula is C19H20N2O4. The second-order valence-electron chi connectivity index (χ2n) is 5.80. The first-order chi connectivity index (χ1) is 12.1. The quantitative estimate of drug-likeness (QED) is 0.842. The lowest BCUT2D eigenvalue weighted by atomic mass is 10.1. The second kappa shape index (κ2) is 7.70. The molecule has 0 radical (unpaired) electrons. The molecule has 130 valence electrons. The zero-order chi connectivity index (χ0) is 17.6. The van der Waals surface area contributed by atoms with Crippen molar-refractivity contribution in [2.75, 3.05) is 25.6 Å². The topological polar surface area (TPSA) is 76.7 Å². The monoisotopic (exact) mass is 340 g/mol. The zero-order valence-corrected chi connectivity index (χ0v) is 14.0. The third-order valence-electron chi connectivity index (χ3n) is 3.91. The number of benzene rings is 2. The van der Waals surface area contributed by atoms with Crippen molar-refractivity contribution in [2.24, 2.45) is 0 Å². The third kappa shape index (κ3) is 4.50. The van der Waals surface area contributed by atoms with Crippen LogP contribution in [-0.4, -0.2) is 32.1 Å². The highest BCUT2D eigenvalue weighted by molar-refractivity contribution is 5.95. The van der Waals surface area contributed by atoms with E-state index in [1.165, 1.54) is 0 Å². The summed E-state index contributed by atoms with van der Waals surface area (Å²) in [7, 11) is 1.63. The van der Waals surface area contributed by atoms with Crippen molar-refractivity contribution in [2.45, 2.75) is 12.8 Å². The van der Waals surface area contributed by atoms with Gasteiger partial charge in [-0.1, -0.05) is 18.2 Å². The lowest BCUT2D eigenvalue weighted by Crippen LogP contribution is -2.28. The Balaban J connectivity index is 1.51. The molecule has 3 rings (SSSR count). The Morgan fingerprint density at radius 2 is 2.12 bits per heavy atom. The summed E-state index contributed by atoms with van der Waals surface area (Å²) in [5.41, 5.74) is 2.54. The summed E-state index contributed by atoms with van der Waals surface area (Å²) >= 11 is 0. The predicted molar refractivity (Wildman–Crippen MR) is 94.0 cm³/mol. The number of carbonyl (C=O) groups excluding carboxylic acids is 2. The number of anilines is 1. The van der Waals surface area contributed by atoms with Crippen LogP contribution in [0, 0.1) is 0 Å². The number of rotatable bonds is 6. The van der Waals surface area contributed by atoms with Gasteiger partial charge in [0.05, 0.1) is 19.2 Å². The van der Waals surface area contributed by atoms with Crippen LogP contribution in [0.15, 0.2) is 42.5 Å². The molecule has 0 aromatic heterocycles. The molecular weight excluding hydrogens is 320 g/mol. The zero-order valence-electron chi connectivity index (χ0n) is 14.0. The van der Waals surface area contributed by atoms with Crippen LogP contribution in [0.2, 0.25) is 0 Å². The molecule has 0 atom stereocenters. The van der Waals surface area contributed by atoms with Crippen molar-refractivity contribution >= 4 is 17.5 Å². The van der Waals surface area contributed by atoms with Gasteiger partial charge in [-0.3, -0.25) is 9.59 Å². The number of hydrogen-bond donors (Lipinski definition) is 2.